The number of hydrogen-bond acceptors (Lipinski definition) is 8. The lowest BCUT2D eigenvalue weighted by molar-refractivity contribution is -0.122. The average Bonchev–Trinajstić information content (AvgIpc) is 2.76. The topological polar surface area (TPSA) is 116 Å². The number of carbonyl (C=O) groups excluding carboxylic acids is 4. The molecular formula is C24H46N4O4S4. The molecule has 0 aliphatic heterocycles. The molecule has 4 amide bonds. The molecule has 2 unspecified atom stereocenters. The quantitative estimate of drug-likeness (QED) is 0.125. The Morgan fingerprint density at radius 1 is 0.722 bits per heavy atom. The van der Waals surface area contributed by atoms with E-state index in [9.17, 15) is 19.2 Å². The Balaban J connectivity index is 3.87. The molecule has 8 nitrogen and oxygen atoms in total. The summed E-state index contributed by atoms with van der Waals surface area (Å²) < 4.78 is -0.182. The highest BCUT2D eigenvalue weighted by atomic mass is 33.1. The minimum absolute atomic E-state index is 0.0165. The summed E-state index contributed by atoms with van der Waals surface area (Å²) in [4.78, 5) is 47.5. The molecule has 4 N–H and O–H groups in total. The maximum absolute atomic E-state index is 12.2. The molecule has 2 atom stereocenters. The third kappa shape index (κ3) is 21.4. The van der Waals surface area contributed by atoms with Crippen molar-refractivity contribution < 1.29 is 19.2 Å². The molecule has 0 bridgehead atoms. The second kappa shape index (κ2) is 20.3. The fourth-order valence-corrected chi connectivity index (χ4v) is 7.41. The van der Waals surface area contributed by atoms with E-state index >= 15 is 0 Å². The highest BCUT2D eigenvalue weighted by molar-refractivity contribution is 8.77. The van der Waals surface area contributed by atoms with Crippen LogP contribution in [-0.4, -0.2) is 70.8 Å². The minimum atomic E-state index is -0.182. The summed E-state index contributed by atoms with van der Waals surface area (Å²) in [6, 6.07) is 0.246. The van der Waals surface area contributed by atoms with Crippen LogP contribution in [0.2, 0.25) is 0 Å². The molecule has 0 spiro atoms. The highest BCUT2D eigenvalue weighted by Crippen LogP contribution is 2.38. The fraction of sp³-hybridized carbons (Fsp3) is 0.833. The van der Waals surface area contributed by atoms with Gasteiger partial charge in [-0.05, 0) is 60.8 Å². The van der Waals surface area contributed by atoms with Crippen LogP contribution in [0.5, 0.6) is 0 Å². The second-order valence-corrected chi connectivity index (χ2v) is 15.4. The Morgan fingerprint density at radius 2 is 1.31 bits per heavy atom. The molecule has 0 aliphatic carbocycles. The summed E-state index contributed by atoms with van der Waals surface area (Å²) in [6.45, 7) is 11.9. The van der Waals surface area contributed by atoms with E-state index in [1.54, 1.807) is 39.4 Å². The average molecular weight is 583 g/mol. The van der Waals surface area contributed by atoms with Crippen molar-refractivity contribution in [3.63, 3.8) is 0 Å². The van der Waals surface area contributed by atoms with Gasteiger partial charge in [0.25, 0.3) is 0 Å². The smallest absolute Gasteiger partial charge is 0.231 e. The molecule has 0 aromatic heterocycles. The molecule has 0 saturated heterocycles. The summed E-state index contributed by atoms with van der Waals surface area (Å²) >= 11 is 0. The van der Waals surface area contributed by atoms with Crippen molar-refractivity contribution in [2.45, 2.75) is 103 Å². The molecule has 0 rings (SSSR count). The van der Waals surface area contributed by atoms with Crippen LogP contribution in [0.25, 0.3) is 0 Å². The SMILES string of the molecule is CNC(=O)CC(C)(C)SSCCC(=O)NC(C)CCC(C)NC(=O)CCCSSCC(=O)NC(C)C. The normalized spacial score (nSPS) is 13.1. The lowest BCUT2D eigenvalue weighted by atomic mass is 10.1. The Hall–Kier alpha value is -0.720. The van der Waals surface area contributed by atoms with Crippen LogP contribution in [0.15, 0.2) is 0 Å². The van der Waals surface area contributed by atoms with E-state index in [2.05, 4.69) is 21.3 Å². The zero-order chi connectivity index (χ0) is 27.6. The van der Waals surface area contributed by atoms with Gasteiger partial charge >= 0.3 is 0 Å². The van der Waals surface area contributed by atoms with Gasteiger partial charge in [0.1, 0.15) is 0 Å². The van der Waals surface area contributed by atoms with E-state index in [1.165, 1.54) is 10.8 Å². The second-order valence-electron chi connectivity index (χ2n) is 9.69. The summed E-state index contributed by atoms with van der Waals surface area (Å²) in [7, 11) is 8.02. The predicted octanol–water partition coefficient (Wildman–Crippen LogP) is 4.15. The molecular weight excluding hydrogens is 537 g/mol. The third-order valence-electron chi connectivity index (χ3n) is 4.76. The van der Waals surface area contributed by atoms with Crippen LogP contribution in [0, 0.1) is 0 Å². The van der Waals surface area contributed by atoms with E-state index in [-0.39, 0.29) is 46.5 Å². The van der Waals surface area contributed by atoms with Gasteiger partial charge < -0.3 is 21.3 Å². The minimum Gasteiger partial charge on any atom is -0.359 e. The molecule has 0 fully saturated rings. The summed E-state index contributed by atoms with van der Waals surface area (Å²) in [5.41, 5.74) is 0. The Morgan fingerprint density at radius 3 is 1.86 bits per heavy atom. The van der Waals surface area contributed by atoms with Gasteiger partial charge in [0, 0.05) is 60.7 Å². The maximum atomic E-state index is 12.2. The molecule has 0 aliphatic rings. The van der Waals surface area contributed by atoms with Crippen LogP contribution in [0.1, 0.15) is 80.1 Å². The monoisotopic (exact) mass is 582 g/mol. The Bertz CT molecular complexity index is 681. The van der Waals surface area contributed by atoms with Crippen LogP contribution < -0.4 is 21.3 Å². The zero-order valence-electron chi connectivity index (χ0n) is 22.9. The number of rotatable bonds is 20. The van der Waals surface area contributed by atoms with Crippen molar-refractivity contribution in [3.8, 4) is 0 Å². The third-order valence-corrected chi connectivity index (χ3v) is 10.4. The van der Waals surface area contributed by atoms with Crippen LogP contribution in [0.4, 0.5) is 0 Å². The molecule has 210 valence electrons. The van der Waals surface area contributed by atoms with Crippen molar-refractivity contribution in [3.05, 3.63) is 0 Å². The zero-order valence-corrected chi connectivity index (χ0v) is 26.1. The number of carbonyl (C=O) groups is 4. The van der Waals surface area contributed by atoms with Gasteiger partial charge in [-0.15, -0.1) is 0 Å². The maximum Gasteiger partial charge on any atom is 0.231 e. The molecule has 0 radical (unpaired) electrons. The predicted molar refractivity (Wildman–Crippen MR) is 159 cm³/mol. The van der Waals surface area contributed by atoms with Gasteiger partial charge in [-0.3, -0.25) is 19.2 Å². The van der Waals surface area contributed by atoms with Crippen LogP contribution in [-0.2, 0) is 19.2 Å². The first kappa shape index (κ1) is 35.3. The largest absolute Gasteiger partial charge is 0.359 e. The van der Waals surface area contributed by atoms with E-state index in [4.69, 9.17) is 0 Å². The van der Waals surface area contributed by atoms with Crippen LogP contribution >= 0.6 is 43.2 Å². The van der Waals surface area contributed by atoms with Gasteiger partial charge in [-0.1, -0.05) is 43.2 Å². The van der Waals surface area contributed by atoms with Gasteiger partial charge in [0.15, 0.2) is 0 Å². The lowest BCUT2D eigenvalue weighted by Crippen LogP contribution is -2.36. The van der Waals surface area contributed by atoms with Crippen molar-refractivity contribution in [1.29, 1.82) is 0 Å². The molecule has 12 heteroatoms. The molecule has 0 saturated carbocycles. The molecule has 0 aromatic rings. The first-order valence-corrected chi connectivity index (χ1v) is 17.3. The number of nitrogens with one attached hydrogen (secondary N) is 4. The van der Waals surface area contributed by atoms with E-state index in [0.717, 1.165) is 25.0 Å². The van der Waals surface area contributed by atoms with Gasteiger partial charge in [0.2, 0.25) is 23.6 Å². The van der Waals surface area contributed by atoms with E-state index < -0.39 is 0 Å². The molecule has 0 aromatic carbocycles. The molecule has 0 heterocycles. The Labute approximate surface area is 233 Å². The van der Waals surface area contributed by atoms with Crippen molar-refractivity contribution in [1.82, 2.24) is 21.3 Å². The number of amides is 4. The van der Waals surface area contributed by atoms with E-state index in [0.29, 0.717) is 30.8 Å². The highest BCUT2D eigenvalue weighted by Gasteiger charge is 2.22. The summed E-state index contributed by atoms with van der Waals surface area (Å²) in [5.74, 6) is 2.06. The van der Waals surface area contributed by atoms with Gasteiger partial charge in [0.05, 0.1) is 5.75 Å². The van der Waals surface area contributed by atoms with E-state index in [1.807, 2.05) is 41.5 Å². The summed E-state index contributed by atoms with van der Waals surface area (Å²) in [6.07, 6.45) is 3.70. The van der Waals surface area contributed by atoms with Gasteiger partial charge in [-0.25, -0.2) is 0 Å². The van der Waals surface area contributed by atoms with Crippen LogP contribution in [0.3, 0.4) is 0 Å². The summed E-state index contributed by atoms with van der Waals surface area (Å²) in [5, 5.41) is 11.5. The first-order valence-electron chi connectivity index (χ1n) is 12.5. The first-order chi connectivity index (χ1) is 16.8. The Kier molecular flexibility index (Phi) is 19.9. The van der Waals surface area contributed by atoms with Crippen molar-refractivity contribution in [2.24, 2.45) is 0 Å². The lowest BCUT2D eigenvalue weighted by Gasteiger charge is -2.22. The standard InChI is InChI=1S/C24H46N4O4S4/c1-17(2)26-23(32)16-35-33-13-8-9-20(29)27-18(3)10-11-19(4)28-21(30)12-14-34-36-24(5,6)15-22(31)25-7/h17-19H,8-16H2,1-7H3,(H,25,31)(H,26,32)(H,27,29)(H,28,30). The number of hydrogen-bond donors (Lipinski definition) is 4. The van der Waals surface area contributed by atoms with Crippen molar-refractivity contribution >= 4 is 66.8 Å². The molecule has 36 heavy (non-hydrogen) atoms. The fourth-order valence-electron chi connectivity index (χ4n) is 2.99. The van der Waals surface area contributed by atoms with Gasteiger partial charge in [-0.2, -0.15) is 0 Å². The van der Waals surface area contributed by atoms with Crippen molar-refractivity contribution in [2.75, 3.05) is 24.3 Å².